The predicted molar refractivity (Wildman–Crippen MR) is 56.3 cm³/mol. The van der Waals surface area contributed by atoms with Crippen LogP contribution in [-0.4, -0.2) is 22.7 Å². The van der Waals surface area contributed by atoms with Crippen LogP contribution >= 0.6 is 0 Å². The van der Waals surface area contributed by atoms with Gasteiger partial charge in [0.2, 0.25) is 0 Å². The normalized spacial score (nSPS) is 19.4. The molecule has 3 heteroatoms. The maximum absolute atomic E-state index is 11.2. The topological polar surface area (TPSA) is 49.3 Å². The first-order chi connectivity index (χ1) is 6.55. The first kappa shape index (κ1) is 11.5. The van der Waals surface area contributed by atoms with Crippen molar-refractivity contribution in [3.8, 4) is 0 Å². The van der Waals surface area contributed by atoms with Crippen LogP contribution in [0.25, 0.3) is 0 Å². The highest BCUT2D eigenvalue weighted by Crippen LogP contribution is 2.34. The largest absolute Gasteiger partial charge is 0.480 e. The molecule has 0 radical (unpaired) electrons. The van der Waals surface area contributed by atoms with Crippen LogP contribution in [0, 0.1) is 5.92 Å². The Kier molecular flexibility index (Phi) is 3.53. The zero-order valence-electron chi connectivity index (χ0n) is 9.34. The van der Waals surface area contributed by atoms with E-state index in [-0.39, 0.29) is 0 Å². The van der Waals surface area contributed by atoms with Crippen molar-refractivity contribution in [2.45, 2.75) is 58.0 Å². The van der Waals surface area contributed by atoms with E-state index >= 15 is 0 Å². The minimum Gasteiger partial charge on any atom is -0.480 e. The molecular formula is C11H21NO2. The van der Waals surface area contributed by atoms with Gasteiger partial charge in [-0.25, -0.2) is 0 Å². The molecule has 1 fully saturated rings. The van der Waals surface area contributed by atoms with Crippen LogP contribution in [0.5, 0.6) is 0 Å². The third kappa shape index (κ3) is 2.27. The standard InChI is InChI=1S/C11H21NO2/c1-4-11(5-2,10(13)14)12-8(3)9-6-7-9/h8-9,12H,4-7H2,1-3H3,(H,13,14). The van der Waals surface area contributed by atoms with Crippen LogP contribution in [0.2, 0.25) is 0 Å². The Morgan fingerprint density at radius 3 is 2.29 bits per heavy atom. The van der Waals surface area contributed by atoms with Gasteiger partial charge < -0.3 is 5.11 Å². The number of hydrogen-bond acceptors (Lipinski definition) is 2. The smallest absolute Gasteiger partial charge is 0.323 e. The van der Waals surface area contributed by atoms with E-state index in [1.165, 1.54) is 12.8 Å². The average Bonchev–Trinajstić information content (AvgIpc) is 2.96. The number of carbonyl (C=O) groups is 1. The summed E-state index contributed by atoms with van der Waals surface area (Å²) >= 11 is 0. The molecule has 1 aliphatic rings. The highest BCUT2D eigenvalue weighted by Gasteiger charge is 2.39. The summed E-state index contributed by atoms with van der Waals surface area (Å²) in [6.45, 7) is 5.97. The highest BCUT2D eigenvalue weighted by atomic mass is 16.4. The Balaban J connectivity index is 2.61. The third-order valence-electron chi connectivity index (χ3n) is 3.45. The molecule has 0 saturated heterocycles. The second-order valence-electron chi connectivity index (χ2n) is 4.36. The Morgan fingerprint density at radius 1 is 1.50 bits per heavy atom. The number of carboxylic acid groups (broad SMARTS) is 1. The van der Waals surface area contributed by atoms with Crippen molar-refractivity contribution >= 4 is 5.97 Å². The van der Waals surface area contributed by atoms with Gasteiger partial charge in [0.05, 0.1) is 0 Å². The molecule has 1 unspecified atom stereocenters. The van der Waals surface area contributed by atoms with Crippen LogP contribution in [0.15, 0.2) is 0 Å². The van der Waals surface area contributed by atoms with E-state index in [9.17, 15) is 9.90 Å². The van der Waals surface area contributed by atoms with Gasteiger partial charge in [-0.15, -0.1) is 0 Å². The second kappa shape index (κ2) is 4.30. The van der Waals surface area contributed by atoms with Gasteiger partial charge in [0.15, 0.2) is 0 Å². The molecule has 0 amide bonds. The first-order valence-electron chi connectivity index (χ1n) is 5.56. The monoisotopic (exact) mass is 199 g/mol. The van der Waals surface area contributed by atoms with Gasteiger partial charge >= 0.3 is 5.97 Å². The zero-order chi connectivity index (χ0) is 10.8. The SMILES string of the molecule is CCC(CC)(NC(C)C1CC1)C(=O)O. The Bertz CT molecular complexity index is 207. The van der Waals surface area contributed by atoms with Crippen LogP contribution in [0.1, 0.15) is 46.5 Å². The minimum atomic E-state index is -0.713. The molecule has 1 rings (SSSR count). The van der Waals surface area contributed by atoms with Crippen LogP contribution in [-0.2, 0) is 4.79 Å². The first-order valence-corrected chi connectivity index (χ1v) is 5.56. The van der Waals surface area contributed by atoms with Crippen molar-refractivity contribution < 1.29 is 9.90 Å². The fraction of sp³-hybridized carbons (Fsp3) is 0.909. The molecule has 0 aromatic heterocycles. The van der Waals surface area contributed by atoms with E-state index in [1.54, 1.807) is 0 Å². The Morgan fingerprint density at radius 2 is 2.00 bits per heavy atom. The molecule has 0 spiro atoms. The van der Waals surface area contributed by atoms with Gasteiger partial charge in [0, 0.05) is 6.04 Å². The fourth-order valence-electron chi connectivity index (χ4n) is 1.97. The van der Waals surface area contributed by atoms with Crippen molar-refractivity contribution in [3.05, 3.63) is 0 Å². The van der Waals surface area contributed by atoms with Crippen molar-refractivity contribution in [2.24, 2.45) is 5.92 Å². The van der Waals surface area contributed by atoms with Gasteiger partial charge in [0.1, 0.15) is 5.54 Å². The van der Waals surface area contributed by atoms with E-state index in [2.05, 4.69) is 12.2 Å². The van der Waals surface area contributed by atoms with E-state index in [1.807, 2.05) is 13.8 Å². The number of nitrogens with one attached hydrogen (secondary N) is 1. The van der Waals surface area contributed by atoms with Crippen LogP contribution in [0.3, 0.4) is 0 Å². The summed E-state index contributed by atoms with van der Waals surface area (Å²) < 4.78 is 0. The minimum absolute atomic E-state index is 0.339. The van der Waals surface area contributed by atoms with Gasteiger partial charge in [-0.1, -0.05) is 13.8 Å². The van der Waals surface area contributed by atoms with E-state index in [4.69, 9.17) is 0 Å². The second-order valence-corrected chi connectivity index (χ2v) is 4.36. The Hall–Kier alpha value is -0.570. The summed E-state index contributed by atoms with van der Waals surface area (Å²) in [6.07, 6.45) is 3.79. The van der Waals surface area contributed by atoms with Crippen molar-refractivity contribution in [1.82, 2.24) is 5.32 Å². The summed E-state index contributed by atoms with van der Waals surface area (Å²) in [4.78, 5) is 11.2. The predicted octanol–water partition coefficient (Wildman–Crippen LogP) is 2.02. The quantitative estimate of drug-likeness (QED) is 0.688. The summed E-state index contributed by atoms with van der Waals surface area (Å²) in [5, 5.41) is 12.5. The van der Waals surface area contributed by atoms with Crippen molar-refractivity contribution in [3.63, 3.8) is 0 Å². The summed E-state index contributed by atoms with van der Waals surface area (Å²) in [5.74, 6) is -0.0122. The fourth-order valence-corrected chi connectivity index (χ4v) is 1.97. The molecule has 1 saturated carbocycles. The molecule has 82 valence electrons. The lowest BCUT2D eigenvalue weighted by atomic mass is 9.91. The lowest BCUT2D eigenvalue weighted by Crippen LogP contribution is -2.55. The van der Waals surface area contributed by atoms with Crippen LogP contribution in [0.4, 0.5) is 0 Å². The average molecular weight is 199 g/mol. The third-order valence-corrected chi connectivity index (χ3v) is 3.45. The maximum atomic E-state index is 11.2. The van der Waals surface area contributed by atoms with Crippen molar-refractivity contribution in [2.75, 3.05) is 0 Å². The van der Waals surface area contributed by atoms with Gasteiger partial charge in [-0.3, -0.25) is 10.1 Å². The van der Waals surface area contributed by atoms with Crippen LogP contribution < -0.4 is 5.32 Å². The zero-order valence-corrected chi connectivity index (χ0v) is 9.34. The summed E-state index contributed by atoms with van der Waals surface area (Å²) in [5.41, 5.74) is -0.706. The lowest BCUT2D eigenvalue weighted by Gasteiger charge is -2.31. The molecular weight excluding hydrogens is 178 g/mol. The highest BCUT2D eigenvalue weighted by molar-refractivity contribution is 5.78. The van der Waals surface area contributed by atoms with Gasteiger partial charge in [-0.2, -0.15) is 0 Å². The van der Waals surface area contributed by atoms with Crippen molar-refractivity contribution in [1.29, 1.82) is 0 Å². The van der Waals surface area contributed by atoms with E-state index < -0.39 is 11.5 Å². The molecule has 1 aliphatic carbocycles. The molecule has 0 aromatic carbocycles. The number of aliphatic carboxylic acids is 1. The molecule has 0 aliphatic heterocycles. The molecule has 2 N–H and O–H groups in total. The summed E-state index contributed by atoms with van der Waals surface area (Å²) in [7, 11) is 0. The molecule has 0 bridgehead atoms. The Labute approximate surface area is 85.9 Å². The van der Waals surface area contributed by atoms with E-state index in [0.29, 0.717) is 24.8 Å². The number of carboxylic acids is 1. The molecule has 0 aromatic rings. The molecule has 1 atom stereocenters. The van der Waals surface area contributed by atoms with Gasteiger partial charge in [-0.05, 0) is 38.5 Å². The molecule has 3 nitrogen and oxygen atoms in total. The maximum Gasteiger partial charge on any atom is 0.323 e. The number of hydrogen-bond donors (Lipinski definition) is 2. The summed E-state index contributed by atoms with van der Waals surface area (Å²) in [6, 6.07) is 0.339. The lowest BCUT2D eigenvalue weighted by molar-refractivity contribution is -0.145. The van der Waals surface area contributed by atoms with Gasteiger partial charge in [0.25, 0.3) is 0 Å². The molecule has 0 heterocycles. The number of rotatable bonds is 6. The molecule has 14 heavy (non-hydrogen) atoms. The van der Waals surface area contributed by atoms with E-state index in [0.717, 1.165) is 0 Å².